The molecule has 0 fully saturated rings. The molecule has 0 unspecified atom stereocenters. The monoisotopic (exact) mass is 811 g/mol. The van der Waals surface area contributed by atoms with Gasteiger partial charge in [0.1, 0.15) is 5.82 Å². The quantitative estimate of drug-likeness (QED) is 0.203. The second-order valence-electron chi connectivity index (χ2n) is 12.7. The maximum Gasteiger partial charge on any atom is 0.337 e. The molecule has 3 heterocycles. The molecular formula is C33H36FI2N3O4. The molecule has 0 saturated carbocycles. The number of aliphatic carboxylic acids is 1. The van der Waals surface area contributed by atoms with E-state index in [1.165, 1.54) is 24.3 Å². The van der Waals surface area contributed by atoms with Crippen LogP contribution in [0.25, 0.3) is 5.82 Å². The molecular weight excluding hydrogens is 775 g/mol. The number of halogens is 3. The number of nitrogens with zero attached hydrogens (tertiary/aromatic N) is 3. The van der Waals surface area contributed by atoms with Gasteiger partial charge in [-0.15, -0.1) is 0 Å². The molecule has 0 radical (unpaired) electrons. The highest BCUT2D eigenvalue weighted by molar-refractivity contribution is 14.1. The van der Waals surface area contributed by atoms with Crippen LogP contribution in [-0.2, 0) is 17.6 Å². The van der Waals surface area contributed by atoms with Crippen LogP contribution in [0.4, 0.5) is 4.39 Å². The molecule has 3 aromatic rings. The Morgan fingerprint density at radius 1 is 0.907 bits per heavy atom. The summed E-state index contributed by atoms with van der Waals surface area (Å²) in [5, 5.41) is 18.5. The third-order valence-corrected chi connectivity index (χ3v) is 9.43. The summed E-state index contributed by atoms with van der Waals surface area (Å²) in [4.78, 5) is 30.3. The van der Waals surface area contributed by atoms with Gasteiger partial charge in [0.05, 0.1) is 11.1 Å². The fraction of sp³-hybridized carbons (Fsp3) is 0.394. The first-order valence-corrected chi connectivity index (χ1v) is 16.3. The summed E-state index contributed by atoms with van der Waals surface area (Å²) in [6, 6.07) is 7.03. The maximum atomic E-state index is 12.1. The fourth-order valence-corrected chi connectivity index (χ4v) is 6.64. The van der Waals surface area contributed by atoms with Crippen LogP contribution in [0.1, 0.15) is 81.4 Å². The van der Waals surface area contributed by atoms with Crippen molar-refractivity contribution >= 4 is 57.1 Å². The Hall–Kier alpha value is -2.61. The Balaban J connectivity index is 0.000000165. The number of fused-ring (bicyclic) bond motifs is 1. The van der Waals surface area contributed by atoms with Crippen LogP contribution in [0.15, 0.2) is 65.7 Å². The van der Waals surface area contributed by atoms with Crippen LogP contribution < -0.4 is 0 Å². The second-order valence-corrected chi connectivity index (χ2v) is 15.2. The number of rotatable bonds is 3. The highest BCUT2D eigenvalue weighted by Gasteiger charge is 2.33. The first kappa shape index (κ1) is 33.3. The second kappa shape index (κ2) is 13.6. The molecule has 0 spiro atoms. The van der Waals surface area contributed by atoms with Crippen molar-refractivity contribution in [1.82, 2.24) is 14.5 Å². The first-order valence-electron chi connectivity index (χ1n) is 14.2. The van der Waals surface area contributed by atoms with Gasteiger partial charge < -0.3 is 14.8 Å². The lowest BCUT2D eigenvalue weighted by molar-refractivity contribution is -0.132. The Kier molecular flexibility index (Phi) is 10.5. The summed E-state index contributed by atoms with van der Waals surface area (Å²) in [6.07, 6.45) is 13.6. The number of pyridine rings is 2. The van der Waals surface area contributed by atoms with E-state index in [-0.39, 0.29) is 10.8 Å². The molecule has 43 heavy (non-hydrogen) atoms. The predicted molar refractivity (Wildman–Crippen MR) is 181 cm³/mol. The molecule has 3 aromatic heterocycles. The van der Waals surface area contributed by atoms with Crippen molar-refractivity contribution in [2.24, 2.45) is 10.8 Å². The van der Waals surface area contributed by atoms with Crippen molar-refractivity contribution < 1.29 is 24.2 Å². The lowest BCUT2D eigenvalue weighted by Gasteiger charge is -2.31. The number of carbonyl (C=O) groups is 2. The normalized spacial score (nSPS) is 17.8. The molecule has 3 aliphatic rings. The average Bonchev–Trinajstić information content (AvgIpc) is 3.49. The van der Waals surface area contributed by atoms with Crippen LogP contribution in [0.3, 0.4) is 0 Å². The lowest BCUT2D eigenvalue weighted by Crippen LogP contribution is -2.24. The van der Waals surface area contributed by atoms with Gasteiger partial charge in [0, 0.05) is 37.5 Å². The minimum atomic E-state index is -0.853. The van der Waals surface area contributed by atoms with Gasteiger partial charge in [-0.1, -0.05) is 39.3 Å². The number of carboxylic acid groups (broad SMARTS) is 2. The minimum Gasteiger partial charge on any atom is -0.478 e. The van der Waals surface area contributed by atoms with Crippen molar-refractivity contribution in [3.63, 3.8) is 0 Å². The molecule has 0 amide bonds. The summed E-state index contributed by atoms with van der Waals surface area (Å²) < 4.78 is 16.0. The van der Waals surface area contributed by atoms with E-state index in [9.17, 15) is 19.1 Å². The largest absolute Gasteiger partial charge is 0.478 e. The number of allylic oxidation sites excluding steroid dienone is 2. The van der Waals surface area contributed by atoms with Gasteiger partial charge in [0.2, 0.25) is 5.95 Å². The zero-order valence-electron chi connectivity index (χ0n) is 24.8. The molecule has 0 aromatic carbocycles. The molecule has 0 saturated heterocycles. The number of hydrogen-bond donors (Lipinski definition) is 2. The molecule has 3 aliphatic carbocycles. The van der Waals surface area contributed by atoms with E-state index in [1.807, 2.05) is 45.4 Å². The summed E-state index contributed by atoms with van der Waals surface area (Å²) >= 11 is 4.27. The maximum absolute atomic E-state index is 12.1. The van der Waals surface area contributed by atoms with Crippen molar-refractivity contribution in [3.8, 4) is 5.82 Å². The first-order chi connectivity index (χ1) is 20.2. The highest BCUT2D eigenvalue weighted by atomic mass is 127. The van der Waals surface area contributed by atoms with Crippen molar-refractivity contribution in [2.45, 2.75) is 72.6 Å². The van der Waals surface area contributed by atoms with E-state index in [1.54, 1.807) is 18.5 Å². The molecule has 2 N–H and O–H groups in total. The van der Waals surface area contributed by atoms with Gasteiger partial charge in [0.15, 0.2) is 0 Å². The Labute approximate surface area is 279 Å². The molecule has 0 atom stereocenters. The number of aromatic carboxylic acids is 1. The summed E-state index contributed by atoms with van der Waals surface area (Å²) in [6.45, 7) is 8.83. The number of carboxylic acids is 2. The summed E-state index contributed by atoms with van der Waals surface area (Å²) in [5.41, 5.74) is 5.96. The van der Waals surface area contributed by atoms with Gasteiger partial charge >= 0.3 is 11.9 Å². The number of hydrogen-bond acceptors (Lipinski definition) is 4. The van der Waals surface area contributed by atoms with Gasteiger partial charge in [-0.2, -0.15) is 4.39 Å². The molecule has 0 bridgehead atoms. The zero-order chi connectivity index (χ0) is 31.5. The minimum absolute atomic E-state index is 0.155. The molecule has 10 heteroatoms. The number of aromatic nitrogens is 3. The van der Waals surface area contributed by atoms with E-state index < -0.39 is 17.9 Å². The van der Waals surface area contributed by atoms with E-state index >= 15 is 0 Å². The standard InChI is InChI=1S/C16H17IN2O2.C12H16O2.C5H3FIN/c1-16(2)5-3-13-11(8-16)12(15(20)21)9-19(13)14-7-10(17)4-6-18-14;1-12(2)6-5-8-3-4-9(11(13)14)10(8)7-12;6-5-3-4(7)1-2-8-5/h4,6-7,9H,3,5,8H2,1-2H3,(H,20,21);4H,3,5-7H2,1-2H3,(H,13,14);1-3H. The Morgan fingerprint density at radius 2 is 1.53 bits per heavy atom. The van der Waals surface area contributed by atoms with Crippen LogP contribution in [-0.4, -0.2) is 36.7 Å². The van der Waals surface area contributed by atoms with E-state index in [4.69, 9.17) is 5.11 Å². The predicted octanol–water partition coefficient (Wildman–Crippen LogP) is 8.42. The molecule has 7 nitrogen and oxygen atoms in total. The Morgan fingerprint density at radius 3 is 2.12 bits per heavy atom. The topological polar surface area (TPSA) is 105 Å². The molecule has 228 valence electrons. The van der Waals surface area contributed by atoms with E-state index in [0.29, 0.717) is 11.1 Å². The lowest BCUT2D eigenvalue weighted by atomic mass is 9.74. The van der Waals surface area contributed by atoms with Crippen molar-refractivity contribution in [3.05, 3.63) is 95.6 Å². The van der Waals surface area contributed by atoms with Crippen LogP contribution >= 0.6 is 45.2 Å². The SMILES string of the molecule is CC1(C)CCC2=C(C1)C(C(=O)O)=CC2.CC1(C)CCc2c(c(C(=O)O)cn2-c2cc(I)ccn2)C1.Fc1cc(I)ccn1. The van der Waals surface area contributed by atoms with Gasteiger partial charge in [-0.05, 0) is 130 Å². The summed E-state index contributed by atoms with van der Waals surface area (Å²) in [7, 11) is 0. The van der Waals surface area contributed by atoms with Crippen molar-refractivity contribution in [2.75, 3.05) is 0 Å². The van der Waals surface area contributed by atoms with Crippen LogP contribution in [0.2, 0.25) is 0 Å². The highest BCUT2D eigenvalue weighted by Crippen LogP contribution is 2.45. The van der Waals surface area contributed by atoms with Gasteiger partial charge in [-0.3, -0.25) is 0 Å². The van der Waals surface area contributed by atoms with Gasteiger partial charge in [0.25, 0.3) is 0 Å². The van der Waals surface area contributed by atoms with E-state index in [2.05, 4.69) is 60.3 Å². The molecule has 6 rings (SSSR count). The van der Waals surface area contributed by atoms with E-state index in [0.717, 1.165) is 68.3 Å². The fourth-order valence-electron chi connectivity index (χ4n) is 5.78. The third-order valence-electron chi connectivity index (χ3n) is 8.08. The summed E-state index contributed by atoms with van der Waals surface area (Å²) in [5.74, 6) is -1.23. The average molecular weight is 811 g/mol. The van der Waals surface area contributed by atoms with Crippen molar-refractivity contribution in [1.29, 1.82) is 0 Å². The van der Waals surface area contributed by atoms with Crippen LogP contribution in [0.5, 0.6) is 0 Å². The zero-order valence-corrected chi connectivity index (χ0v) is 29.1. The molecule has 0 aliphatic heterocycles. The van der Waals surface area contributed by atoms with Crippen LogP contribution in [0, 0.1) is 23.9 Å². The third kappa shape index (κ3) is 8.52. The van der Waals surface area contributed by atoms with Gasteiger partial charge in [-0.25, -0.2) is 19.6 Å². The smallest absolute Gasteiger partial charge is 0.337 e. The Bertz CT molecular complexity index is 1590.